The van der Waals surface area contributed by atoms with E-state index in [9.17, 15) is 13.2 Å². The van der Waals surface area contributed by atoms with Crippen LogP contribution in [-0.4, -0.2) is 11.0 Å². The van der Waals surface area contributed by atoms with Gasteiger partial charge in [0.2, 0.25) is 0 Å². The Labute approximate surface area is 97.6 Å². The molecule has 0 aliphatic heterocycles. The van der Waals surface area contributed by atoms with Crippen LogP contribution in [-0.2, 0) is 6.18 Å². The molecule has 1 atom stereocenters. The molecule has 5 heteroatoms. The molecule has 1 aliphatic rings. The van der Waals surface area contributed by atoms with Crippen molar-refractivity contribution in [2.75, 3.05) is 5.32 Å². The normalized spacial score (nSPS) is 20.3. The fourth-order valence-corrected chi connectivity index (χ4v) is 1.81. The van der Waals surface area contributed by atoms with Gasteiger partial charge in [-0.25, -0.2) is 4.98 Å². The maximum atomic E-state index is 12.4. The van der Waals surface area contributed by atoms with Crippen LogP contribution in [0.4, 0.5) is 19.0 Å². The highest BCUT2D eigenvalue weighted by Gasteiger charge is 2.32. The summed E-state index contributed by atoms with van der Waals surface area (Å²) in [6.45, 7) is 0. The molecular weight excluding hydrogens is 229 g/mol. The SMILES string of the molecule is FC(F)(F)c1cccc(NC2CC=CCC2)n1. The molecule has 0 fully saturated rings. The van der Waals surface area contributed by atoms with Crippen LogP contribution in [0.15, 0.2) is 30.4 Å². The zero-order valence-corrected chi connectivity index (χ0v) is 9.17. The number of halogens is 3. The predicted molar refractivity (Wildman–Crippen MR) is 59.6 cm³/mol. The average Bonchev–Trinajstić information content (AvgIpc) is 2.29. The van der Waals surface area contributed by atoms with Gasteiger partial charge in [-0.3, -0.25) is 0 Å². The highest BCUT2D eigenvalue weighted by atomic mass is 19.4. The van der Waals surface area contributed by atoms with Crippen LogP contribution in [0.5, 0.6) is 0 Å². The minimum absolute atomic E-state index is 0.177. The molecule has 0 radical (unpaired) electrons. The Hall–Kier alpha value is -1.52. The number of nitrogens with one attached hydrogen (secondary N) is 1. The molecule has 0 saturated heterocycles. The lowest BCUT2D eigenvalue weighted by molar-refractivity contribution is -0.141. The summed E-state index contributed by atoms with van der Waals surface area (Å²) in [5.74, 6) is 0.292. The van der Waals surface area contributed by atoms with Crippen molar-refractivity contribution in [3.8, 4) is 0 Å². The van der Waals surface area contributed by atoms with Gasteiger partial charge in [-0.15, -0.1) is 0 Å². The quantitative estimate of drug-likeness (QED) is 0.801. The van der Waals surface area contributed by atoms with Gasteiger partial charge in [-0.2, -0.15) is 13.2 Å². The summed E-state index contributed by atoms with van der Waals surface area (Å²) in [6.07, 6.45) is 2.44. The molecule has 1 aromatic rings. The number of anilines is 1. The van der Waals surface area contributed by atoms with E-state index in [1.807, 2.05) is 6.08 Å². The Morgan fingerprint density at radius 2 is 2.06 bits per heavy atom. The second kappa shape index (κ2) is 4.77. The molecule has 17 heavy (non-hydrogen) atoms. The number of rotatable bonds is 2. The van der Waals surface area contributed by atoms with Crippen LogP contribution in [0, 0.1) is 0 Å². The molecule has 2 nitrogen and oxygen atoms in total. The largest absolute Gasteiger partial charge is 0.433 e. The van der Waals surface area contributed by atoms with Crippen molar-refractivity contribution in [3.63, 3.8) is 0 Å². The number of pyridine rings is 1. The van der Waals surface area contributed by atoms with Gasteiger partial charge >= 0.3 is 6.18 Å². The Morgan fingerprint density at radius 3 is 2.71 bits per heavy atom. The fourth-order valence-electron chi connectivity index (χ4n) is 1.81. The molecule has 1 unspecified atom stereocenters. The topological polar surface area (TPSA) is 24.9 Å². The molecule has 0 bridgehead atoms. The van der Waals surface area contributed by atoms with Crippen molar-refractivity contribution >= 4 is 5.82 Å². The van der Waals surface area contributed by atoms with Crippen molar-refractivity contribution < 1.29 is 13.2 Å². The molecule has 0 spiro atoms. The lowest BCUT2D eigenvalue weighted by Crippen LogP contribution is -2.21. The van der Waals surface area contributed by atoms with Crippen molar-refractivity contribution in [1.82, 2.24) is 4.98 Å². The molecule has 1 heterocycles. The molecule has 0 aromatic carbocycles. The van der Waals surface area contributed by atoms with Crippen molar-refractivity contribution in [2.24, 2.45) is 0 Å². The third kappa shape index (κ3) is 3.22. The third-order valence-electron chi connectivity index (χ3n) is 2.66. The molecule has 2 rings (SSSR count). The predicted octanol–water partition coefficient (Wildman–Crippen LogP) is 3.62. The zero-order chi connectivity index (χ0) is 12.3. The first-order valence-electron chi connectivity index (χ1n) is 5.51. The van der Waals surface area contributed by atoms with E-state index in [0.717, 1.165) is 25.3 Å². The molecule has 0 saturated carbocycles. The van der Waals surface area contributed by atoms with Crippen LogP contribution in [0.1, 0.15) is 25.0 Å². The Kier molecular flexibility index (Phi) is 3.36. The lowest BCUT2D eigenvalue weighted by atomic mass is 10.0. The summed E-state index contributed by atoms with van der Waals surface area (Å²) < 4.78 is 37.3. The minimum Gasteiger partial charge on any atom is -0.367 e. The van der Waals surface area contributed by atoms with E-state index >= 15 is 0 Å². The number of aromatic nitrogens is 1. The Morgan fingerprint density at radius 1 is 1.24 bits per heavy atom. The third-order valence-corrected chi connectivity index (χ3v) is 2.66. The lowest BCUT2D eigenvalue weighted by Gasteiger charge is -2.20. The maximum absolute atomic E-state index is 12.4. The van der Waals surface area contributed by atoms with Gasteiger partial charge in [0.25, 0.3) is 0 Å². The van der Waals surface area contributed by atoms with E-state index in [1.54, 1.807) is 6.07 Å². The van der Waals surface area contributed by atoms with E-state index in [1.165, 1.54) is 6.07 Å². The van der Waals surface area contributed by atoms with Crippen LogP contribution in [0.2, 0.25) is 0 Å². The molecule has 92 valence electrons. The molecule has 0 amide bonds. The van der Waals surface area contributed by atoms with Gasteiger partial charge in [0.15, 0.2) is 0 Å². The van der Waals surface area contributed by atoms with E-state index in [0.29, 0.717) is 5.82 Å². The number of hydrogen-bond donors (Lipinski definition) is 1. The van der Waals surface area contributed by atoms with Crippen molar-refractivity contribution in [2.45, 2.75) is 31.5 Å². The standard InChI is InChI=1S/C12H13F3N2/c13-12(14,15)10-7-4-8-11(17-10)16-9-5-2-1-3-6-9/h1-2,4,7-9H,3,5-6H2,(H,16,17). The van der Waals surface area contributed by atoms with E-state index < -0.39 is 11.9 Å². The van der Waals surface area contributed by atoms with Gasteiger partial charge < -0.3 is 5.32 Å². The van der Waals surface area contributed by atoms with Crippen LogP contribution in [0.3, 0.4) is 0 Å². The van der Waals surface area contributed by atoms with Gasteiger partial charge in [-0.1, -0.05) is 18.2 Å². The summed E-state index contributed by atoms with van der Waals surface area (Å²) in [4.78, 5) is 3.58. The monoisotopic (exact) mass is 242 g/mol. The second-order valence-electron chi connectivity index (χ2n) is 4.03. The first-order valence-corrected chi connectivity index (χ1v) is 5.51. The van der Waals surface area contributed by atoms with Gasteiger partial charge in [0.05, 0.1) is 0 Å². The zero-order valence-electron chi connectivity index (χ0n) is 9.17. The first-order chi connectivity index (χ1) is 8.05. The second-order valence-corrected chi connectivity index (χ2v) is 4.03. The van der Waals surface area contributed by atoms with E-state index in [2.05, 4.69) is 16.4 Å². The van der Waals surface area contributed by atoms with Crippen LogP contribution < -0.4 is 5.32 Å². The Bertz CT molecular complexity index is 412. The number of alkyl halides is 3. The highest BCUT2D eigenvalue weighted by Crippen LogP contribution is 2.28. The van der Waals surface area contributed by atoms with Crippen molar-refractivity contribution in [3.05, 3.63) is 36.0 Å². The highest BCUT2D eigenvalue weighted by molar-refractivity contribution is 5.37. The van der Waals surface area contributed by atoms with Crippen LogP contribution in [0.25, 0.3) is 0 Å². The molecule has 1 aromatic heterocycles. The number of hydrogen-bond acceptors (Lipinski definition) is 2. The summed E-state index contributed by atoms with van der Waals surface area (Å²) >= 11 is 0. The van der Waals surface area contributed by atoms with Gasteiger partial charge in [0, 0.05) is 6.04 Å². The first kappa shape index (κ1) is 12.0. The van der Waals surface area contributed by atoms with E-state index in [4.69, 9.17) is 0 Å². The summed E-state index contributed by atoms with van der Waals surface area (Å²) in [7, 11) is 0. The minimum atomic E-state index is -4.38. The molecule has 1 aliphatic carbocycles. The Balaban J connectivity index is 2.08. The average molecular weight is 242 g/mol. The van der Waals surface area contributed by atoms with Crippen molar-refractivity contribution in [1.29, 1.82) is 0 Å². The molecule has 1 N–H and O–H groups in total. The molecular formula is C12H13F3N2. The maximum Gasteiger partial charge on any atom is 0.433 e. The smallest absolute Gasteiger partial charge is 0.367 e. The van der Waals surface area contributed by atoms with Gasteiger partial charge in [-0.05, 0) is 31.4 Å². The summed E-state index contributed by atoms with van der Waals surface area (Å²) in [5.41, 5.74) is -0.853. The van der Waals surface area contributed by atoms with Crippen LogP contribution >= 0.6 is 0 Å². The van der Waals surface area contributed by atoms with E-state index in [-0.39, 0.29) is 6.04 Å². The number of allylic oxidation sites excluding steroid dienone is 1. The fraction of sp³-hybridized carbons (Fsp3) is 0.417. The number of nitrogens with zero attached hydrogens (tertiary/aromatic N) is 1. The summed E-state index contributed by atoms with van der Waals surface area (Å²) in [6, 6.07) is 4.09. The summed E-state index contributed by atoms with van der Waals surface area (Å²) in [5, 5.41) is 3.03. The van der Waals surface area contributed by atoms with Gasteiger partial charge in [0.1, 0.15) is 11.5 Å².